The van der Waals surface area contributed by atoms with Crippen LogP contribution in [0.4, 0.5) is 0 Å². The number of fused-ring (bicyclic) bond motifs is 1. The van der Waals surface area contributed by atoms with Gasteiger partial charge in [0.25, 0.3) is 0 Å². The zero-order chi connectivity index (χ0) is 17.1. The summed E-state index contributed by atoms with van der Waals surface area (Å²) in [5, 5.41) is 0. The maximum atomic E-state index is 2.54. The van der Waals surface area contributed by atoms with Gasteiger partial charge < -0.3 is 0 Å². The molecule has 130 valence electrons. The van der Waals surface area contributed by atoms with Gasteiger partial charge in [-0.2, -0.15) is 0 Å². The number of benzene rings is 2. The lowest BCUT2D eigenvalue weighted by Gasteiger charge is -2.32. The average molecular weight is 331 g/mol. The van der Waals surface area contributed by atoms with Gasteiger partial charge in [0.15, 0.2) is 0 Å². The maximum absolute atomic E-state index is 2.54. The highest BCUT2D eigenvalue weighted by molar-refractivity contribution is 5.80. The first-order chi connectivity index (χ1) is 12.2. The molecule has 0 aromatic heterocycles. The van der Waals surface area contributed by atoms with E-state index in [2.05, 4.69) is 61.5 Å². The van der Waals surface area contributed by atoms with Gasteiger partial charge in [0, 0.05) is 0 Å². The summed E-state index contributed by atoms with van der Waals surface area (Å²) in [7, 11) is 0. The lowest BCUT2D eigenvalue weighted by atomic mass is 9.73. The number of allylic oxidation sites excluding steroid dienone is 1. The van der Waals surface area contributed by atoms with Crippen molar-refractivity contribution in [3.63, 3.8) is 0 Å². The quantitative estimate of drug-likeness (QED) is 0.548. The minimum absolute atomic E-state index is 0.515. The largest absolute Gasteiger partial charge is 0.0646 e. The van der Waals surface area contributed by atoms with Crippen molar-refractivity contribution in [1.29, 1.82) is 0 Å². The molecule has 2 aromatic carbocycles. The van der Waals surface area contributed by atoms with Crippen LogP contribution in [-0.4, -0.2) is 0 Å². The topological polar surface area (TPSA) is 0 Å². The molecule has 2 aliphatic carbocycles. The predicted octanol–water partition coefficient (Wildman–Crippen LogP) is 7.43. The Morgan fingerprint density at radius 3 is 2.28 bits per heavy atom. The Labute approximate surface area is 153 Å². The predicted molar refractivity (Wildman–Crippen MR) is 109 cm³/mol. The Hall–Kier alpha value is -1.82. The monoisotopic (exact) mass is 330 g/mol. The van der Waals surface area contributed by atoms with Gasteiger partial charge >= 0.3 is 0 Å². The molecule has 0 heteroatoms. The van der Waals surface area contributed by atoms with Crippen molar-refractivity contribution in [2.75, 3.05) is 0 Å². The van der Waals surface area contributed by atoms with Crippen LogP contribution in [0.3, 0.4) is 0 Å². The van der Waals surface area contributed by atoms with Crippen LogP contribution in [0, 0.1) is 5.41 Å². The van der Waals surface area contributed by atoms with Crippen LogP contribution in [0.5, 0.6) is 0 Å². The molecular formula is C25H30. The Morgan fingerprint density at radius 1 is 0.800 bits per heavy atom. The molecule has 25 heavy (non-hydrogen) atoms. The second-order valence-electron chi connectivity index (χ2n) is 8.48. The van der Waals surface area contributed by atoms with E-state index in [9.17, 15) is 0 Å². The van der Waals surface area contributed by atoms with E-state index in [1.165, 1.54) is 73.6 Å². The molecule has 1 fully saturated rings. The summed E-state index contributed by atoms with van der Waals surface area (Å²) in [6.45, 7) is 2.54. The SMILES string of the molecule is CC1(CC2=Cc3c(cccc3-c3ccccc3)C2)CCCCCCC1. The third-order valence-corrected chi connectivity index (χ3v) is 6.26. The number of hydrogen-bond acceptors (Lipinski definition) is 0. The van der Waals surface area contributed by atoms with Crippen molar-refractivity contribution in [1.82, 2.24) is 0 Å². The second kappa shape index (κ2) is 7.20. The second-order valence-corrected chi connectivity index (χ2v) is 8.48. The van der Waals surface area contributed by atoms with Gasteiger partial charge in [0.05, 0.1) is 0 Å². The van der Waals surface area contributed by atoms with Crippen LogP contribution in [0.2, 0.25) is 0 Å². The fourth-order valence-electron chi connectivity index (χ4n) is 4.90. The van der Waals surface area contributed by atoms with Crippen molar-refractivity contribution in [3.8, 4) is 11.1 Å². The van der Waals surface area contributed by atoms with Crippen LogP contribution in [0.15, 0.2) is 54.1 Å². The smallest absolute Gasteiger partial charge is 0.00574 e. The molecule has 2 aliphatic rings. The van der Waals surface area contributed by atoms with Crippen LogP contribution in [0.25, 0.3) is 17.2 Å². The average Bonchev–Trinajstić information content (AvgIpc) is 3.01. The van der Waals surface area contributed by atoms with E-state index in [4.69, 9.17) is 0 Å². The van der Waals surface area contributed by atoms with Crippen molar-refractivity contribution >= 4 is 6.08 Å². The highest BCUT2D eigenvalue weighted by Gasteiger charge is 2.28. The first-order valence-corrected chi connectivity index (χ1v) is 10.1. The fourth-order valence-corrected chi connectivity index (χ4v) is 4.90. The van der Waals surface area contributed by atoms with E-state index in [1.54, 1.807) is 5.57 Å². The number of rotatable bonds is 3. The van der Waals surface area contributed by atoms with E-state index in [0.717, 1.165) is 6.42 Å². The molecule has 0 unspecified atom stereocenters. The third-order valence-electron chi connectivity index (χ3n) is 6.26. The van der Waals surface area contributed by atoms with Crippen LogP contribution in [-0.2, 0) is 6.42 Å². The van der Waals surface area contributed by atoms with Crippen molar-refractivity contribution in [2.45, 2.75) is 64.7 Å². The molecule has 0 aliphatic heterocycles. The molecule has 0 bridgehead atoms. The van der Waals surface area contributed by atoms with E-state index in [1.807, 2.05) is 0 Å². The van der Waals surface area contributed by atoms with E-state index in [-0.39, 0.29) is 0 Å². The fraction of sp³-hybridized carbons (Fsp3) is 0.440. The van der Waals surface area contributed by atoms with Gasteiger partial charge in [-0.1, -0.05) is 99.2 Å². The van der Waals surface area contributed by atoms with Gasteiger partial charge in [-0.25, -0.2) is 0 Å². The molecule has 1 saturated carbocycles. The molecule has 0 N–H and O–H groups in total. The van der Waals surface area contributed by atoms with Crippen molar-refractivity contribution in [3.05, 3.63) is 65.2 Å². The summed E-state index contributed by atoms with van der Waals surface area (Å²) in [6, 6.07) is 17.7. The number of hydrogen-bond donors (Lipinski definition) is 0. The lowest BCUT2D eigenvalue weighted by molar-refractivity contribution is 0.234. The summed E-state index contributed by atoms with van der Waals surface area (Å²) < 4.78 is 0. The molecule has 0 radical (unpaired) electrons. The van der Waals surface area contributed by atoms with E-state index in [0.29, 0.717) is 5.41 Å². The first kappa shape index (κ1) is 16.6. The molecule has 0 nitrogen and oxygen atoms in total. The summed E-state index contributed by atoms with van der Waals surface area (Å²) >= 11 is 0. The molecule has 2 aromatic rings. The maximum Gasteiger partial charge on any atom is -0.00574 e. The Kier molecular flexibility index (Phi) is 4.79. The van der Waals surface area contributed by atoms with Gasteiger partial charge in [-0.3, -0.25) is 0 Å². The zero-order valence-corrected chi connectivity index (χ0v) is 15.6. The van der Waals surface area contributed by atoms with Crippen molar-refractivity contribution < 1.29 is 0 Å². The van der Waals surface area contributed by atoms with E-state index >= 15 is 0 Å². The summed E-state index contributed by atoms with van der Waals surface area (Å²) in [5.41, 5.74) is 7.90. The van der Waals surface area contributed by atoms with Crippen LogP contribution in [0.1, 0.15) is 69.4 Å². The standard InChI is InChI=1S/C25H30/c1-25(15-8-3-2-4-9-16-25)19-20-17-22-13-10-14-23(24(22)18-20)21-11-6-5-7-12-21/h5-7,10-14,18H,2-4,8-9,15-17,19H2,1H3. The normalized spacial score (nSPS) is 19.6. The molecule has 0 amide bonds. The minimum Gasteiger partial charge on any atom is -0.0646 e. The van der Waals surface area contributed by atoms with E-state index < -0.39 is 0 Å². The summed E-state index contributed by atoms with van der Waals surface area (Å²) in [6.07, 6.45) is 14.9. The zero-order valence-electron chi connectivity index (χ0n) is 15.6. The van der Waals surface area contributed by atoms with Gasteiger partial charge in [-0.05, 0) is 53.4 Å². The van der Waals surface area contributed by atoms with Crippen LogP contribution < -0.4 is 0 Å². The molecule has 0 atom stereocenters. The summed E-state index contributed by atoms with van der Waals surface area (Å²) in [4.78, 5) is 0. The molecule has 0 spiro atoms. The van der Waals surface area contributed by atoms with Gasteiger partial charge in [0.2, 0.25) is 0 Å². The minimum atomic E-state index is 0.515. The third kappa shape index (κ3) is 3.73. The Bertz CT molecular complexity index is 743. The van der Waals surface area contributed by atoms with Gasteiger partial charge in [0.1, 0.15) is 0 Å². The Morgan fingerprint density at radius 2 is 1.52 bits per heavy atom. The molecule has 0 heterocycles. The first-order valence-electron chi connectivity index (χ1n) is 10.1. The highest BCUT2D eigenvalue weighted by atomic mass is 14.3. The Balaban J connectivity index is 1.58. The lowest BCUT2D eigenvalue weighted by Crippen LogP contribution is -2.18. The van der Waals surface area contributed by atoms with Crippen LogP contribution >= 0.6 is 0 Å². The van der Waals surface area contributed by atoms with Gasteiger partial charge in [-0.15, -0.1) is 0 Å². The highest BCUT2D eigenvalue weighted by Crippen LogP contribution is 2.43. The molecular weight excluding hydrogens is 300 g/mol. The molecule has 4 rings (SSSR count). The molecule has 0 saturated heterocycles. The summed E-state index contributed by atoms with van der Waals surface area (Å²) in [5.74, 6) is 0. The van der Waals surface area contributed by atoms with Crippen molar-refractivity contribution in [2.24, 2.45) is 5.41 Å².